The lowest BCUT2D eigenvalue weighted by atomic mass is 10.2. The predicted molar refractivity (Wildman–Crippen MR) is 112 cm³/mol. The highest BCUT2D eigenvalue weighted by Crippen LogP contribution is 2.13. The molecule has 0 saturated heterocycles. The van der Waals surface area contributed by atoms with Gasteiger partial charge in [-0.25, -0.2) is 4.39 Å². The van der Waals surface area contributed by atoms with E-state index in [1.807, 2.05) is 0 Å². The largest absolute Gasteiger partial charge is 0.494 e. The summed E-state index contributed by atoms with van der Waals surface area (Å²) in [6, 6.07) is 11.8. The van der Waals surface area contributed by atoms with Gasteiger partial charge in [0.1, 0.15) is 17.3 Å². The summed E-state index contributed by atoms with van der Waals surface area (Å²) >= 11 is 0. The number of rotatable bonds is 10. The van der Waals surface area contributed by atoms with E-state index in [9.17, 15) is 18.8 Å². The van der Waals surface area contributed by atoms with Crippen molar-refractivity contribution in [1.29, 1.82) is 0 Å². The van der Waals surface area contributed by atoms with Crippen molar-refractivity contribution < 1.29 is 28.2 Å². The van der Waals surface area contributed by atoms with E-state index >= 15 is 0 Å². The van der Waals surface area contributed by atoms with Gasteiger partial charge in [-0.1, -0.05) is 13.3 Å². The molecule has 2 rings (SSSR count). The Labute approximate surface area is 180 Å². The van der Waals surface area contributed by atoms with Gasteiger partial charge in [0, 0.05) is 5.56 Å². The van der Waals surface area contributed by atoms with E-state index in [1.165, 1.54) is 31.2 Å². The molecule has 166 valence electrons. The van der Waals surface area contributed by atoms with E-state index in [0.29, 0.717) is 23.7 Å². The number of hydrazine groups is 1. The van der Waals surface area contributed by atoms with Crippen LogP contribution in [0.25, 0.3) is 0 Å². The summed E-state index contributed by atoms with van der Waals surface area (Å²) in [4.78, 5) is 36.0. The zero-order valence-electron chi connectivity index (χ0n) is 17.4. The van der Waals surface area contributed by atoms with Crippen LogP contribution >= 0.6 is 0 Å². The molecule has 31 heavy (non-hydrogen) atoms. The molecule has 3 amide bonds. The van der Waals surface area contributed by atoms with Crippen molar-refractivity contribution >= 4 is 17.7 Å². The van der Waals surface area contributed by atoms with Gasteiger partial charge >= 0.3 is 0 Å². The maximum atomic E-state index is 12.9. The van der Waals surface area contributed by atoms with Crippen molar-refractivity contribution in [2.45, 2.75) is 32.8 Å². The van der Waals surface area contributed by atoms with E-state index in [2.05, 4.69) is 23.1 Å². The SMILES string of the molecule is CCCCOc1ccc(C(=O)NCC(=O)NNC(=O)C(C)Oc2ccc(F)cc2)cc1. The first kappa shape index (κ1) is 23.7. The Morgan fingerprint density at radius 2 is 1.61 bits per heavy atom. The Morgan fingerprint density at radius 1 is 0.968 bits per heavy atom. The fraction of sp³-hybridized carbons (Fsp3) is 0.318. The lowest BCUT2D eigenvalue weighted by molar-refractivity contribution is -0.132. The molecule has 2 aromatic rings. The van der Waals surface area contributed by atoms with E-state index < -0.39 is 29.6 Å². The maximum Gasteiger partial charge on any atom is 0.279 e. The lowest BCUT2D eigenvalue weighted by Gasteiger charge is -2.15. The highest BCUT2D eigenvalue weighted by atomic mass is 19.1. The van der Waals surface area contributed by atoms with E-state index in [-0.39, 0.29) is 6.54 Å². The molecule has 0 aliphatic carbocycles. The zero-order chi connectivity index (χ0) is 22.6. The number of hydrogen-bond acceptors (Lipinski definition) is 5. The van der Waals surface area contributed by atoms with Crippen LogP contribution in [-0.2, 0) is 9.59 Å². The summed E-state index contributed by atoms with van der Waals surface area (Å²) in [7, 11) is 0. The normalized spacial score (nSPS) is 11.2. The van der Waals surface area contributed by atoms with Crippen molar-refractivity contribution in [1.82, 2.24) is 16.2 Å². The monoisotopic (exact) mass is 431 g/mol. The molecule has 0 spiro atoms. The average Bonchev–Trinajstić information content (AvgIpc) is 2.78. The zero-order valence-corrected chi connectivity index (χ0v) is 17.4. The first-order valence-electron chi connectivity index (χ1n) is 9.91. The maximum absolute atomic E-state index is 12.9. The number of nitrogens with one attached hydrogen (secondary N) is 3. The summed E-state index contributed by atoms with van der Waals surface area (Å²) in [5.74, 6) is -1.10. The minimum atomic E-state index is -0.932. The third kappa shape index (κ3) is 8.33. The van der Waals surface area contributed by atoms with Gasteiger partial charge in [0.2, 0.25) is 0 Å². The Balaban J connectivity index is 1.70. The van der Waals surface area contributed by atoms with Gasteiger partial charge in [-0.3, -0.25) is 25.2 Å². The summed E-state index contributed by atoms with van der Waals surface area (Å²) in [5, 5.41) is 2.46. The molecule has 2 aromatic carbocycles. The van der Waals surface area contributed by atoms with Gasteiger partial charge in [-0.2, -0.15) is 0 Å². The van der Waals surface area contributed by atoms with Crippen molar-refractivity contribution in [2.75, 3.05) is 13.2 Å². The number of halogens is 1. The Bertz CT molecular complexity index is 872. The number of benzene rings is 2. The molecule has 0 saturated carbocycles. The minimum absolute atomic E-state index is 0.310. The third-order valence-corrected chi connectivity index (χ3v) is 4.11. The fourth-order valence-electron chi connectivity index (χ4n) is 2.35. The van der Waals surface area contributed by atoms with Crippen LogP contribution in [0.3, 0.4) is 0 Å². The molecule has 1 atom stereocenters. The van der Waals surface area contributed by atoms with Crippen LogP contribution in [0.2, 0.25) is 0 Å². The Hall–Kier alpha value is -3.62. The van der Waals surface area contributed by atoms with Crippen molar-refractivity contribution in [2.24, 2.45) is 0 Å². The van der Waals surface area contributed by atoms with Gasteiger partial charge in [0.15, 0.2) is 6.10 Å². The molecule has 1 unspecified atom stereocenters. The smallest absolute Gasteiger partial charge is 0.279 e. The molecule has 0 aromatic heterocycles. The highest BCUT2D eigenvalue weighted by molar-refractivity contribution is 5.96. The van der Waals surface area contributed by atoms with Crippen molar-refractivity contribution in [3.63, 3.8) is 0 Å². The van der Waals surface area contributed by atoms with Gasteiger partial charge in [-0.05, 0) is 61.9 Å². The fourth-order valence-corrected chi connectivity index (χ4v) is 2.35. The second-order valence-electron chi connectivity index (χ2n) is 6.66. The van der Waals surface area contributed by atoms with E-state index in [0.717, 1.165) is 12.8 Å². The molecule has 0 fully saturated rings. The molecule has 9 heteroatoms. The second kappa shape index (κ2) is 12.2. The van der Waals surface area contributed by atoms with Crippen molar-refractivity contribution in [3.8, 4) is 11.5 Å². The van der Waals surface area contributed by atoms with E-state index in [1.54, 1.807) is 24.3 Å². The second-order valence-corrected chi connectivity index (χ2v) is 6.66. The number of amides is 3. The molecular weight excluding hydrogens is 405 g/mol. The first-order chi connectivity index (χ1) is 14.9. The first-order valence-corrected chi connectivity index (χ1v) is 9.91. The number of ether oxygens (including phenoxy) is 2. The summed E-state index contributed by atoms with van der Waals surface area (Å²) in [5.41, 5.74) is 4.77. The number of carbonyl (C=O) groups is 3. The summed E-state index contributed by atoms with van der Waals surface area (Å²) < 4.78 is 23.8. The molecule has 0 aliphatic heterocycles. The molecule has 8 nitrogen and oxygen atoms in total. The average molecular weight is 431 g/mol. The van der Waals surface area contributed by atoms with Gasteiger partial charge in [0.05, 0.1) is 13.2 Å². The molecule has 0 bridgehead atoms. The van der Waals surface area contributed by atoms with Gasteiger partial charge in [0.25, 0.3) is 17.7 Å². The van der Waals surface area contributed by atoms with Crippen molar-refractivity contribution in [3.05, 3.63) is 59.9 Å². The standard InChI is InChI=1S/C22H26FN3O5/c1-3-4-13-30-18-9-5-16(6-10-18)22(29)24-14-20(27)25-26-21(28)15(2)31-19-11-7-17(23)8-12-19/h5-12,15H,3-4,13-14H2,1-2H3,(H,24,29)(H,25,27)(H,26,28). The minimum Gasteiger partial charge on any atom is -0.494 e. The van der Waals surface area contributed by atoms with E-state index in [4.69, 9.17) is 9.47 Å². The van der Waals surface area contributed by atoms with Crippen LogP contribution in [0.15, 0.2) is 48.5 Å². The summed E-state index contributed by atoms with van der Waals surface area (Å²) in [6.07, 6.45) is 1.05. The molecular formula is C22H26FN3O5. The predicted octanol–water partition coefficient (Wildman–Crippen LogP) is 2.35. The van der Waals surface area contributed by atoms with Crippen LogP contribution in [-0.4, -0.2) is 37.0 Å². The van der Waals surface area contributed by atoms with Crippen LogP contribution in [0.5, 0.6) is 11.5 Å². The van der Waals surface area contributed by atoms with Gasteiger partial charge in [-0.15, -0.1) is 0 Å². The molecule has 0 heterocycles. The Kier molecular flexibility index (Phi) is 9.28. The van der Waals surface area contributed by atoms with Crippen LogP contribution in [0.4, 0.5) is 4.39 Å². The quantitative estimate of drug-likeness (QED) is 0.396. The molecule has 0 aliphatic rings. The highest BCUT2D eigenvalue weighted by Gasteiger charge is 2.16. The number of carbonyl (C=O) groups excluding carboxylic acids is 3. The molecule has 0 radical (unpaired) electrons. The third-order valence-electron chi connectivity index (χ3n) is 4.11. The topological polar surface area (TPSA) is 106 Å². The lowest BCUT2D eigenvalue weighted by Crippen LogP contribution is -2.50. The number of unbranched alkanes of at least 4 members (excludes halogenated alkanes) is 1. The molecule has 3 N–H and O–H groups in total. The van der Waals surface area contributed by atoms with Crippen LogP contribution in [0, 0.1) is 5.82 Å². The van der Waals surface area contributed by atoms with Crippen LogP contribution in [0.1, 0.15) is 37.0 Å². The van der Waals surface area contributed by atoms with Gasteiger partial charge < -0.3 is 14.8 Å². The van der Waals surface area contributed by atoms with Crippen LogP contribution < -0.4 is 25.6 Å². The Morgan fingerprint density at radius 3 is 2.26 bits per heavy atom. The summed E-state index contributed by atoms with van der Waals surface area (Å²) in [6.45, 7) is 3.82. The number of hydrogen-bond donors (Lipinski definition) is 3.